The van der Waals surface area contributed by atoms with Crippen LogP contribution in [0, 0.1) is 10.1 Å². The number of ether oxygens (including phenoxy) is 1. The molecule has 2 rings (SSSR count). The van der Waals surface area contributed by atoms with Crippen molar-refractivity contribution in [1.29, 1.82) is 0 Å². The summed E-state index contributed by atoms with van der Waals surface area (Å²) in [5.74, 6) is -0.133. The highest BCUT2D eigenvalue weighted by Crippen LogP contribution is 2.23. The van der Waals surface area contributed by atoms with Crippen molar-refractivity contribution >= 4 is 29.7 Å². The SMILES string of the molecule is COC1(C(=O)NCCNc2ccccc2[N+](=O)[O-])CCNCC1.Cl. The zero-order chi connectivity index (χ0) is 16.7. The number of nitrogens with one attached hydrogen (secondary N) is 3. The number of nitrogens with zero attached hydrogens (tertiary/aromatic N) is 1. The molecule has 1 aromatic carbocycles. The minimum absolute atomic E-state index is 0. The molecule has 0 atom stereocenters. The number of para-hydroxylation sites is 2. The fourth-order valence-corrected chi connectivity index (χ4v) is 2.67. The van der Waals surface area contributed by atoms with E-state index in [0.29, 0.717) is 31.6 Å². The molecule has 0 spiro atoms. The molecule has 24 heavy (non-hydrogen) atoms. The summed E-state index contributed by atoms with van der Waals surface area (Å²) < 4.78 is 5.44. The van der Waals surface area contributed by atoms with Crippen LogP contribution in [0.1, 0.15) is 12.8 Å². The Morgan fingerprint density at radius 2 is 2.00 bits per heavy atom. The molecule has 1 amide bonds. The fourth-order valence-electron chi connectivity index (χ4n) is 2.67. The standard InChI is InChI=1S/C15H22N4O4.ClH/c1-23-15(6-8-16-9-7-15)14(20)18-11-10-17-12-4-2-3-5-13(12)19(21)22;/h2-5,16-17H,6-11H2,1H3,(H,18,20);1H. The van der Waals surface area contributed by atoms with Gasteiger partial charge in [-0.05, 0) is 32.0 Å². The van der Waals surface area contributed by atoms with Crippen molar-refractivity contribution in [3.05, 3.63) is 34.4 Å². The monoisotopic (exact) mass is 358 g/mol. The molecule has 1 fully saturated rings. The smallest absolute Gasteiger partial charge is 0.292 e. The van der Waals surface area contributed by atoms with E-state index in [2.05, 4.69) is 16.0 Å². The first-order chi connectivity index (χ1) is 11.1. The van der Waals surface area contributed by atoms with Crippen molar-refractivity contribution in [2.75, 3.05) is 38.6 Å². The molecule has 1 aromatic rings. The zero-order valence-electron chi connectivity index (χ0n) is 13.5. The quantitative estimate of drug-likeness (QED) is 0.385. The predicted octanol–water partition coefficient (Wildman–Crippen LogP) is 1.31. The van der Waals surface area contributed by atoms with Gasteiger partial charge in [-0.2, -0.15) is 0 Å². The maximum atomic E-state index is 12.3. The Balaban J connectivity index is 0.00000288. The van der Waals surface area contributed by atoms with Crippen LogP contribution in [-0.2, 0) is 9.53 Å². The molecule has 0 saturated carbocycles. The van der Waals surface area contributed by atoms with Gasteiger partial charge in [0, 0.05) is 26.3 Å². The molecular weight excluding hydrogens is 336 g/mol. The van der Waals surface area contributed by atoms with Crippen LogP contribution in [0.15, 0.2) is 24.3 Å². The molecule has 134 valence electrons. The van der Waals surface area contributed by atoms with E-state index in [1.807, 2.05) is 0 Å². The van der Waals surface area contributed by atoms with Gasteiger partial charge < -0.3 is 20.7 Å². The highest BCUT2D eigenvalue weighted by atomic mass is 35.5. The van der Waals surface area contributed by atoms with E-state index in [-0.39, 0.29) is 24.0 Å². The van der Waals surface area contributed by atoms with Gasteiger partial charge in [0.15, 0.2) is 0 Å². The minimum atomic E-state index is -0.774. The molecule has 1 saturated heterocycles. The van der Waals surface area contributed by atoms with Crippen LogP contribution >= 0.6 is 12.4 Å². The second-order valence-corrected chi connectivity index (χ2v) is 5.41. The molecule has 9 heteroatoms. The summed E-state index contributed by atoms with van der Waals surface area (Å²) >= 11 is 0. The number of nitro groups is 1. The first-order valence-electron chi connectivity index (χ1n) is 7.60. The van der Waals surface area contributed by atoms with Gasteiger partial charge in [0.1, 0.15) is 11.3 Å². The lowest BCUT2D eigenvalue weighted by Gasteiger charge is -2.34. The van der Waals surface area contributed by atoms with Gasteiger partial charge in [0.25, 0.3) is 11.6 Å². The third kappa shape index (κ3) is 4.80. The minimum Gasteiger partial charge on any atom is -0.378 e. The molecule has 0 bridgehead atoms. The highest BCUT2D eigenvalue weighted by molar-refractivity contribution is 5.85. The highest BCUT2D eigenvalue weighted by Gasteiger charge is 2.39. The van der Waals surface area contributed by atoms with Crippen molar-refractivity contribution < 1.29 is 14.5 Å². The Labute approximate surface area is 146 Å². The van der Waals surface area contributed by atoms with Crippen molar-refractivity contribution in [2.24, 2.45) is 0 Å². The molecule has 3 N–H and O–H groups in total. The second-order valence-electron chi connectivity index (χ2n) is 5.41. The summed E-state index contributed by atoms with van der Waals surface area (Å²) in [5, 5.41) is 19.9. The normalized spacial score (nSPS) is 15.9. The number of halogens is 1. The predicted molar refractivity (Wildman–Crippen MR) is 93.7 cm³/mol. The van der Waals surface area contributed by atoms with Crippen LogP contribution in [0.2, 0.25) is 0 Å². The Hall–Kier alpha value is -1.90. The van der Waals surface area contributed by atoms with Crippen molar-refractivity contribution in [1.82, 2.24) is 10.6 Å². The van der Waals surface area contributed by atoms with Crippen LogP contribution < -0.4 is 16.0 Å². The number of carbonyl (C=O) groups is 1. The third-order valence-electron chi connectivity index (χ3n) is 4.04. The summed E-state index contributed by atoms with van der Waals surface area (Å²) in [7, 11) is 1.55. The number of hydrogen-bond acceptors (Lipinski definition) is 6. The topological polar surface area (TPSA) is 106 Å². The van der Waals surface area contributed by atoms with Gasteiger partial charge in [-0.15, -0.1) is 12.4 Å². The van der Waals surface area contributed by atoms with Crippen LogP contribution in [0.3, 0.4) is 0 Å². The summed E-state index contributed by atoms with van der Waals surface area (Å²) in [6.07, 6.45) is 1.26. The van der Waals surface area contributed by atoms with Crippen LogP contribution in [0.5, 0.6) is 0 Å². The molecule has 0 unspecified atom stereocenters. The van der Waals surface area contributed by atoms with Crippen molar-refractivity contribution in [3.8, 4) is 0 Å². The van der Waals surface area contributed by atoms with E-state index < -0.39 is 10.5 Å². The Bertz CT molecular complexity index is 564. The number of benzene rings is 1. The Morgan fingerprint density at radius 3 is 2.62 bits per heavy atom. The van der Waals surface area contributed by atoms with Gasteiger partial charge in [-0.1, -0.05) is 12.1 Å². The molecule has 1 heterocycles. The van der Waals surface area contributed by atoms with E-state index in [9.17, 15) is 14.9 Å². The first kappa shape index (κ1) is 20.1. The van der Waals surface area contributed by atoms with E-state index in [4.69, 9.17) is 4.74 Å². The molecule has 8 nitrogen and oxygen atoms in total. The Kier molecular flexibility index (Phi) is 7.90. The average molecular weight is 359 g/mol. The molecule has 1 aliphatic rings. The van der Waals surface area contributed by atoms with Gasteiger partial charge in [0.2, 0.25) is 0 Å². The van der Waals surface area contributed by atoms with Crippen molar-refractivity contribution in [2.45, 2.75) is 18.4 Å². The number of nitro benzene ring substituents is 1. The maximum Gasteiger partial charge on any atom is 0.292 e. The van der Waals surface area contributed by atoms with E-state index in [0.717, 1.165) is 13.1 Å². The summed E-state index contributed by atoms with van der Waals surface area (Å²) in [6, 6.07) is 6.42. The largest absolute Gasteiger partial charge is 0.378 e. The molecule has 0 radical (unpaired) electrons. The third-order valence-corrected chi connectivity index (χ3v) is 4.04. The Morgan fingerprint density at radius 1 is 1.33 bits per heavy atom. The summed E-state index contributed by atoms with van der Waals surface area (Å²) in [6.45, 7) is 2.25. The van der Waals surface area contributed by atoms with Gasteiger partial charge in [-0.3, -0.25) is 14.9 Å². The lowest BCUT2D eigenvalue weighted by atomic mass is 9.91. The van der Waals surface area contributed by atoms with Crippen molar-refractivity contribution in [3.63, 3.8) is 0 Å². The number of methoxy groups -OCH3 is 1. The summed E-state index contributed by atoms with van der Waals surface area (Å²) in [5.41, 5.74) is -0.315. The molecule has 0 aliphatic carbocycles. The summed E-state index contributed by atoms with van der Waals surface area (Å²) in [4.78, 5) is 22.8. The van der Waals surface area contributed by atoms with E-state index in [1.165, 1.54) is 6.07 Å². The van der Waals surface area contributed by atoms with Gasteiger partial charge in [-0.25, -0.2) is 0 Å². The molecular formula is C15H23ClN4O4. The number of anilines is 1. The average Bonchev–Trinajstić information content (AvgIpc) is 2.59. The maximum absolute atomic E-state index is 12.3. The number of amides is 1. The van der Waals surface area contributed by atoms with Gasteiger partial charge >= 0.3 is 0 Å². The lowest BCUT2D eigenvalue weighted by molar-refractivity contribution is -0.384. The second kappa shape index (κ2) is 9.41. The van der Waals surface area contributed by atoms with Crippen LogP contribution in [0.4, 0.5) is 11.4 Å². The fraction of sp³-hybridized carbons (Fsp3) is 0.533. The first-order valence-corrected chi connectivity index (χ1v) is 7.60. The van der Waals surface area contributed by atoms with Crippen LogP contribution in [-0.4, -0.2) is 49.7 Å². The molecule has 0 aromatic heterocycles. The number of piperidine rings is 1. The lowest BCUT2D eigenvalue weighted by Crippen LogP contribution is -2.54. The zero-order valence-corrected chi connectivity index (χ0v) is 14.4. The van der Waals surface area contributed by atoms with E-state index >= 15 is 0 Å². The van der Waals surface area contributed by atoms with Crippen LogP contribution in [0.25, 0.3) is 0 Å². The number of rotatable bonds is 7. The van der Waals surface area contributed by atoms with E-state index in [1.54, 1.807) is 25.3 Å². The number of carbonyl (C=O) groups excluding carboxylic acids is 1. The molecule has 1 aliphatic heterocycles. The number of hydrogen-bond donors (Lipinski definition) is 3. The van der Waals surface area contributed by atoms with Gasteiger partial charge in [0.05, 0.1) is 4.92 Å².